The maximum atomic E-state index is 12.9. The van der Waals surface area contributed by atoms with Crippen LogP contribution in [-0.4, -0.2) is 139 Å². The van der Waals surface area contributed by atoms with Crippen molar-refractivity contribution in [3.05, 3.63) is 95.7 Å². The van der Waals surface area contributed by atoms with Gasteiger partial charge in [0.2, 0.25) is 11.6 Å². The van der Waals surface area contributed by atoms with Gasteiger partial charge in [0, 0.05) is 59.3 Å². The zero-order valence-corrected chi connectivity index (χ0v) is 55.0. The van der Waals surface area contributed by atoms with Crippen LogP contribution in [-0.2, 0) is 60.8 Å². The first-order valence-corrected chi connectivity index (χ1v) is 28.1. The van der Waals surface area contributed by atoms with Gasteiger partial charge in [-0.2, -0.15) is 4.58 Å². The van der Waals surface area contributed by atoms with Gasteiger partial charge in [-0.05, 0) is 97.8 Å². The second-order valence-electron chi connectivity index (χ2n) is 18.7. The molecule has 5 N–H and O–H groups in total. The molecule has 0 radical (unpaired) electrons. The number of carbonyl (C=O) groups is 1. The molecule has 5 atom stereocenters. The molecule has 75 heavy (non-hydrogen) atoms. The number of hydrogen-bond donors (Lipinski definition) is 5. The largest absolute Gasteiger partial charge is 1.00 e. The van der Waals surface area contributed by atoms with Crippen LogP contribution < -0.4 is 164 Å². The summed E-state index contributed by atoms with van der Waals surface area (Å²) < 4.78 is 155. The van der Waals surface area contributed by atoms with E-state index in [1.807, 2.05) is 30.2 Å². The second kappa shape index (κ2) is 25.6. The van der Waals surface area contributed by atoms with E-state index in [1.165, 1.54) is 12.1 Å². The van der Waals surface area contributed by atoms with Gasteiger partial charge in [-0.25, -0.2) is 33.7 Å². The number of nitrogens with one attached hydrogen (secondary N) is 1. The molecule has 7 rings (SSSR count). The van der Waals surface area contributed by atoms with Gasteiger partial charge in [0.05, 0.1) is 31.6 Å². The molecule has 1 fully saturated rings. The standard InChI is InChI=1S/C47H55N3O18S4.3K/c1-6-49-32-18-16-28-30(21-26(69(56,57)58)23-35(28)71(62,63)64)40(32)46(2,3)37(49)13-9-7-10-14-38-47(4,5)41-31-22-27(70(59,60)61)24-36(72(65,66)67)29(31)17-19-33(41)50(38)20-12-8-11-15-39(52)48-42-44(54)43(53)34(25-51)68-45(42)55;;;/h7,9-10,13-14,16-19,21-24,34,42-45,51,53-55H,6,8,11-12,15,20,25H2,1-5H3,(H4-,48,52,56,57,58,59,60,61,62,63,64,65,66,67);;;/q;3*+1/p-3/t34-,42-,43-,44-,45-;;;/m0.../s1. The molecule has 0 unspecified atom stereocenters. The molecule has 1 amide bonds. The summed E-state index contributed by atoms with van der Waals surface area (Å²) in [6.45, 7) is 9.06. The number of benzene rings is 4. The molecule has 3 heterocycles. The predicted octanol–water partition coefficient (Wildman–Crippen LogP) is -6.71. The van der Waals surface area contributed by atoms with E-state index >= 15 is 0 Å². The molecule has 3 aliphatic rings. The average molecular weight is 1190 g/mol. The van der Waals surface area contributed by atoms with Crippen molar-refractivity contribution in [2.24, 2.45) is 0 Å². The molecule has 0 spiro atoms. The van der Waals surface area contributed by atoms with E-state index < -0.39 is 114 Å². The summed E-state index contributed by atoms with van der Waals surface area (Å²) in [4.78, 5) is 11.3. The zero-order chi connectivity index (χ0) is 53.3. The van der Waals surface area contributed by atoms with Crippen LogP contribution >= 0.6 is 0 Å². The molecule has 28 heteroatoms. The average Bonchev–Trinajstić information content (AvgIpc) is 3.64. The Morgan fingerprint density at radius 3 is 1.77 bits per heavy atom. The summed E-state index contributed by atoms with van der Waals surface area (Å²) in [5.41, 5.74) is 1.26. The number of allylic oxidation sites excluding steroid dienone is 6. The van der Waals surface area contributed by atoms with Crippen LogP contribution in [0.5, 0.6) is 0 Å². The van der Waals surface area contributed by atoms with Crippen molar-refractivity contribution in [2.75, 3.05) is 24.6 Å². The zero-order valence-electron chi connectivity index (χ0n) is 42.4. The van der Waals surface area contributed by atoms with E-state index in [4.69, 9.17) is 4.74 Å². The van der Waals surface area contributed by atoms with Crippen LogP contribution in [0.4, 0.5) is 11.4 Å². The van der Waals surface area contributed by atoms with E-state index in [1.54, 1.807) is 56.4 Å². The number of fused-ring (bicyclic) bond motifs is 6. The monoisotopic (exact) mass is 1190 g/mol. The molecular weight excluding hydrogens is 1140 g/mol. The third-order valence-electron chi connectivity index (χ3n) is 13.5. The minimum absolute atomic E-state index is 0. The molecule has 4 aromatic rings. The van der Waals surface area contributed by atoms with E-state index in [2.05, 4.69) is 5.32 Å². The quantitative estimate of drug-likeness (QED) is 0.0229. The first kappa shape index (κ1) is 67.4. The van der Waals surface area contributed by atoms with Crippen LogP contribution in [0.2, 0.25) is 0 Å². The Balaban J connectivity index is 0.00000406. The minimum atomic E-state index is -5.30. The number of amides is 1. The first-order chi connectivity index (χ1) is 33.3. The first-order valence-electron chi connectivity index (χ1n) is 22.5. The number of rotatable bonds is 16. The molecule has 4 aromatic carbocycles. The molecular formula is C47H52K3N3O18S4. The van der Waals surface area contributed by atoms with Crippen molar-refractivity contribution in [2.45, 2.75) is 121 Å². The fourth-order valence-corrected chi connectivity index (χ4v) is 12.8. The van der Waals surface area contributed by atoms with Gasteiger partial charge >= 0.3 is 154 Å². The summed E-state index contributed by atoms with van der Waals surface area (Å²) >= 11 is 0. The molecule has 0 aromatic heterocycles. The van der Waals surface area contributed by atoms with Gasteiger partial charge in [0.15, 0.2) is 12.0 Å². The van der Waals surface area contributed by atoms with Gasteiger partial charge in [0.25, 0.3) is 0 Å². The SMILES string of the molecule is CCN1\C(=C/C=C/C=C/C2=[N+](CCCCCC(=O)N[C@H]3[C@H](O)[C@@H](O)[C@H](CO)O[C@@H]3O)c3ccc4c(S(=O)(=O)[O-])cc(S(=O)(=O)[O-])cc4c3C2(C)C)C(C)(C)c2c1ccc1c(S(=O)(=O)[O-])cc(S(=O)(=O)[O-])cc21.[K+].[K+].[K+]. The summed E-state index contributed by atoms with van der Waals surface area (Å²) in [6, 6.07) is 7.80. The van der Waals surface area contributed by atoms with Crippen LogP contribution in [0, 0.1) is 0 Å². The minimum Gasteiger partial charge on any atom is -0.744 e. The van der Waals surface area contributed by atoms with Gasteiger partial charge in [-0.15, -0.1) is 0 Å². The number of hydrogen-bond acceptors (Lipinski definition) is 19. The van der Waals surface area contributed by atoms with Crippen molar-refractivity contribution in [3.63, 3.8) is 0 Å². The van der Waals surface area contributed by atoms with Crippen LogP contribution in [0.15, 0.2) is 104 Å². The maximum absolute atomic E-state index is 12.9. The number of anilines is 1. The van der Waals surface area contributed by atoms with Gasteiger partial charge in [-0.3, -0.25) is 4.79 Å². The van der Waals surface area contributed by atoms with Gasteiger partial charge in [0.1, 0.15) is 71.4 Å². The number of ether oxygens (including phenoxy) is 1. The Morgan fingerprint density at radius 2 is 1.25 bits per heavy atom. The Kier molecular flexibility index (Phi) is 23.0. The smallest absolute Gasteiger partial charge is 0.744 e. The van der Waals surface area contributed by atoms with Crippen LogP contribution in [0.1, 0.15) is 71.4 Å². The van der Waals surface area contributed by atoms with Crippen molar-refractivity contribution in [1.29, 1.82) is 0 Å². The molecule has 390 valence electrons. The molecule has 1 saturated heterocycles. The number of carbonyl (C=O) groups excluding carboxylic acids is 1. The van der Waals surface area contributed by atoms with E-state index in [-0.39, 0.29) is 189 Å². The van der Waals surface area contributed by atoms with Crippen molar-refractivity contribution in [3.8, 4) is 0 Å². The topological polar surface area (TPSA) is 354 Å². The van der Waals surface area contributed by atoms with E-state index in [0.717, 1.165) is 12.1 Å². The van der Waals surface area contributed by atoms with Crippen molar-refractivity contribution in [1.82, 2.24) is 5.32 Å². The number of aliphatic hydroxyl groups excluding tert-OH is 4. The summed E-state index contributed by atoms with van der Waals surface area (Å²) in [7, 11) is -21.0. The molecule has 0 bridgehead atoms. The number of nitrogens with zero attached hydrogens (tertiary/aromatic N) is 2. The fourth-order valence-electron chi connectivity index (χ4n) is 10.2. The summed E-state index contributed by atoms with van der Waals surface area (Å²) in [6.07, 6.45) is 3.65. The molecule has 0 saturated carbocycles. The van der Waals surface area contributed by atoms with Crippen LogP contribution in [0.3, 0.4) is 0 Å². The van der Waals surface area contributed by atoms with Crippen LogP contribution in [0.25, 0.3) is 21.5 Å². The predicted molar refractivity (Wildman–Crippen MR) is 255 cm³/mol. The third kappa shape index (κ3) is 13.9. The normalized spacial score (nSPS) is 22.1. The Bertz CT molecular complexity index is 3490. The maximum Gasteiger partial charge on any atom is 1.00 e. The Morgan fingerprint density at radius 1 is 0.707 bits per heavy atom. The van der Waals surface area contributed by atoms with Crippen molar-refractivity contribution < 1.29 is 241 Å². The van der Waals surface area contributed by atoms with E-state index in [9.17, 15) is 77.1 Å². The van der Waals surface area contributed by atoms with Gasteiger partial charge < -0.3 is 53.6 Å². The summed E-state index contributed by atoms with van der Waals surface area (Å²) in [5, 5.41) is 42.7. The van der Waals surface area contributed by atoms with Gasteiger partial charge in [-0.1, -0.05) is 38.1 Å². The Hall–Kier alpha value is -0.0909. The third-order valence-corrected chi connectivity index (χ3v) is 16.8. The fraction of sp³-hybridized carbons (Fsp3) is 0.404. The number of unbranched alkanes of at least 4 members (excludes halogenated alkanes) is 2. The molecule has 0 aliphatic carbocycles. The number of aliphatic hydroxyl groups is 4. The van der Waals surface area contributed by atoms with E-state index in [0.29, 0.717) is 71.9 Å². The van der Waals surface area contributed by atoms with Crippen molar-refractivity contribution >= 4 is 85.0 Å². The molecule has 3 aliphatic heterocycles. The molecule has 21 nitrogen and oxygen atoms in total. The summed E-state index contributed by atoms with van der Waals surface area (Å²) in [5.74, 6) is -0.561. The Labute approximate surface area is 563 Å². The number of likely N-dealkylation sites (N-methyl/N-ethyl adjacent to an activating group) is 1. The second-order valence-corrected chi connectivity index (χ2v) is 24.2.